The third-order valence-electron chi connectivity index (χ3n) is 4.73. The number of nitrogens with zero attached hydrogens (tertiary/aromatic N) is 2. The Morgan fingerprint density at radius 2 is 1.90 bits per heavy atom. The molecule has 0 radical (unpaired) electrons. The van der Waals surface area contributed by atoms with E-state index in [-0.39, 0.29) is 17.6 Å². The van der Waals surface area contributed by atoms with Gasteiger partial charge in [0.2, 0.25) is 5.91 Å². The van der Waals surface area contributed by atoms with Crippen LogP contribution >= 0.6 is 0 Å². The molecular weight excluding hydrogens is 389 g/mol. The van der Waals surface area contributed by atoms with Crippen molar-refractivity contribution in [2.45, 2.75) is 12.8 Å². The molecule has 152 valence electrons. The fraction of sp³-hybridized carbons (Fsp3) is 0.300. The van der Waals surface area contributed by atoms with Gasteiger partial charge in [-0.1, -0.05) is 18.2 Å². The van der Waals surface area contributed by atoms with Crippen LogP contribution in [0, 0.1) is 5.92 Å². The van der Waals surface area contributed by atoms with Crippen molar-refractivity contribution in [2.24, 2.45) is 5.92 Å². The lowest BCUT2D eigenvalue weighted by Crippen LogP contribution is -2.20. The molecule has 1 aliphatic rings. The summed E-state index contributed by atoms with van der Waals surface area (Å²) in [5.41, 5.74) is 2.00. The molecule has 0 N–H and O–H groups in total. The third kappa shape index (κ3) is 4.28. The molecule has 1 aliphatic heterocycles. The van der Waals surface area contributed by atoms with E-state index in [1.54, 1.807) is 30.1 Å². The molecule has 2 heterocycles. The second-order valence-corrected chi connectivity index (χ2v) is 6.93. The lowest BCUT2D eigenvalue weighted by molar-refractivity contribution is -0.274. The predicted molar refractivity (Wildman–Crippen MR) is 97.4 cm³/mol. The van der Waals surface area contributed by atoms with Crippen molar-refractivity contribution in [1.29, 1.82) is 0 Å². The second kappa shape index (κ2) is 7.31. The van der Waals surface area contributed by atoms with E-state index in [1.165, 1.54) is 24.3 Å². The quantitative estimate of drug-likeness (QED) is 0.634. The maximum Gasteiger partial charge on any atom is 0.573 e. The number of ether oxygens (including phenoxy) is 2. The topological polar surface area (TPSA) is 64.8 Å². The van der Waals surface area contributed by atoms with E-state index in [0.29, 0.717) is 42.0 Å². The lowest BCUT2D eigenvalue weighted by Gasteiger charge is -2.10. The van der Waals surface area contributed by atoms with Crippen molar-refractivity contribution >= 4 is 16.9 Å². The molecule has 29 heavy (non-hydrogen) atoms. The van der Waals surface area contributed by atoms with Gasteiger partial charge in [-0.2, -0.15) is 0 Å². The predicted octanol–water partition coefficient (Wildman–Crippen LogP) is 4.25. The molecule has 0 bridgehead atoms. The summed E-state index contributed by atoms with van der Waals surface area (Å²) in [6, 6.07) is 10.9. The number of hydrogen-bond donors (Lipinski definition) is 0. The maximum absolute atomic E-state index is 12.3. The molecule has 1 unspecified atom stereocenters. The molecule has 1 aromatic heterocycles. The van der Waals surface area contributed by atoms with Gasteiger partial charge in [0.05, 0.1) is 12.0 Å². The van der Waals surface area contributed by atoms with Crippen molar-refractivity contribution in [3.05, 3.63) is 42.5 Å². The highest BCUT2D eigenvalue weighted by Gasteiger charge is 2.31. The minimum atomic E-state index is -4.73. The Balaban J connectivity index is 1.51. The van der Waals surface area contributed by atoms with Gasteiger partial charge in [0.15, 0.2) is 5.58 Å². The Bertz CT molecular complexity index is 1030. The highest BCUT2D eigenvalue weighted by molar-refractivity contribution is 5.87. The fourth-order valence-electron chi connectivity index (χ4n) is 3.31. The molecule has 0 saturated carbocycles. The number of carbonyl (C=O) groups excluding carboxylic acids is 1. The van der Waals surface area contributed by atoms with Crippen LogP contribution in [-0.4, -0.2) is 42.5 Å². The van der Waals surface area contributed by atoms with Gasteiger partial charge in [0.1, 0.15) is 5.75 Å². The number of likely N-dealkylation sites (tertiary alicyclic amines) is 1. The third-order valence-corrected chi connectivity index (χ3v) is 4.73. The van der Waals surface area contributed by atoms with Gasteiger partial charge in [-0.3, -0.25) is 4.79 Å². The number of carbonyl (C=O) groups is 1. The Morgan fingerprint density at radius 3 is 2.55 bits per heavy atom. The van der Waals surface area contributed by atoms with E-state index < -0.39 is 6.36 Å². The van der Waals surface area contributed by atoms with Crippen LogP contribution in [0.3, 0.4) is 0 Å². The zero-order valence-electron chi connectivity index (χ0n) is 15.4. The first kappa shape index (κ1) is 19.1. The zero-order chi connectivity index (χ0) is 20.6. The van der Waals surface area contributed by atoms with Crippen LogP contribution in [0.15, 0.2) is 47.0 Å². The van der Waals surface area contributed by atoms with E-state index in [9.17, 15) is 18.0 Å². The van der Waals surface area contributed by atoms with Gasteiger partial charge in [-0.15, -0.1) is 13.2 Å². The van der Waals surface area contributed by atoms with Gasteiger partial charge < -0.3 is 18.9 Å². The fourth-order valence-corrected chi connectivity index (χ4v) is 3.31. The summed E-state index contributed by atoms with van der Waals surface area (Å²) in [7, 11) is 1.76. The van der Waals surface area contributed by atoms with Crippen molar-refractivity contribution in [2.75, 3.05) is 20.2 Å². The molecule has 6 nitrogen and oxygen atoms in total. The molecule has 0 aliphatic carbocycles. The van der Waals surface area contributed by atoms with Crippen molar-refractivity contribution in [1.82, 2.24) is 10.1 Å². The van der Waals surface area contributed by atoms with Gasteiger partial charge in [-0.05, 0) is 40.5 Å². The van der Waals surface area contributed by atoms with Gasteiger partial charge in [-0.25, -0.2) is 0 Å². The van der Waals surface area contributed by atoms with E-state index in [0.717, 1.165) is 5.56 Å². The average Bonchev–Trinajstić information content (AvgIpc) is 3.21. The largest absolute Gasteiger partial charge is 0.573 e. The Labute approximate surface area is 163 Å². The van der Waals surface area contributed by atoms with E-state index in [2.05, 4.69) is 9.89 Å². The van der Waals surface area contributed by atoms with Crippen LogP contribution in [0.2, 0.25) is 0 Å². The van der Waals surface area contributed by atoms with Crippen LogP contribution in [0.5, 0.6) is 11.6 Å². The highest BCUT2D eigenvalue weighted by Crippen LogP contribution is 2.32. The van der Waals surface area contributed by atoms with E-state index in [4.69, 9.17) is 9.26 Å². The van der Waals surface area contributed by atoms with Crippen LogP contribution < -0.4 is 9.47 Å². The molecule has 1 atom stereocenters. The summed E-state index contributed by atoms with van der Waals surface area (Å²) in [5.74, 6) is 0.209. The first-order chi connectivity index (χ1) is 13.8. The maximum atomic E-state index is 12.3. The van der Waals surface area contributed by atoms with E-state index >= 15 is 0 Å². The number of rotatable bonds is 5. The normalized spacial score (nSPS) is 17.2. The number of aromatic nitrogens is 1. The van der Waals surface area contributed by atoms with Crippen molar-refractivity contribution < 1.29 is 32.0 Å². The van der Waals surface area contributed by atoms with Crippen molar-refractivity contribution in [3.63, 3.8) is 0 Å². The minimum Gasteiger partial charge on any atom is -0.475 e. The van der Waals surface area contributed by atoms with Crippen LogP contribution in [0.1, 0.15) is 6.42 Å². The number of hydrogen-bond acceptors (Lipinski definition) is 5. The zero-order valence-corrected chi connectivity index (χ0v) is 15.4. The minimum absolute atomic E-state index is 0.0867. The Hall–Kier alpha value is -3.23. The monoisotopic (exact) mass is 406 g/mol. The SMILES string of the molecule is CN1CC(COc2noc3ccc(-c4ccc(OC(F)(F)F)cc4)cc23)CC1=O. The number of halogens is 3. The lowest BCUT2D eigenvalue weighted by atomic mass is 10.0. The van der Waals surface area contributed by atoms with Crippen LogP contribution in [-0.2, 0) is 4.79 Å². The summed E-state index contributed by atoms with van der Waals surface area (Å²) in [5, 5.41) is 4.59. The number of benzene rings is 2. The van der Waals surface area contributed by atoms with Gasteiger partial charge in [0, 0.05) is 25.9 Å². The number of fused-ring (bicyclic) bond motifs is 1. The number of amides is 1. The first-order valence-electron chi connectivity index (χ1n) is 8.91. The van der Waals surface area contributed by atoms with Crippen LogP contribution in [0.4, 0.5) is 13.2 Å². The number of alkyl halides is 3. The molecule has 1 fully saturated rings. The van der Waals surface area contributed by atoms with E-state index in [1.807, 2.05) is 0 Å². The molecular formula is C20H17F3N2O4. The molecule has 1 saturated heterocycles. The highest BCUT2D eigenvalue weighted by atomic mass is 19.4. The Morgan fingerprint density at radius 1 is 1.17 bits per heavy atom. The average molecular weight is 406 g/mol. The van der Waals surface area contributed by atoms with Gasteiger partial charge in [0.25, 0.3) is 5.88 Å². The molecule has 2 aromatic carbocycles. The molecule has 0 spiro atoms. The summed E-state index contributed by atoms with van der Waals surface area (Å²) >= 11 is 0. The van der Waals surface area contributed by atoms with Crippen molar-refractivity contribution in [3.8, 4) is 22.8 Å². The molecule has 3 aromatic rings. The standard InChI is InChI=1S/C20H17F3N2O4/c1-25-10-12(8-18(25)26)11-27-19-16-9-14(4-7-17(16)29-24-19)13-2-5-15(6-3-13)28-20(21,22)23/h2-7,9,12H,8,10-11H2,1H3. The van der Waals surface area contributed by atoms with Gasteiger partial charge >= 0.3 is 6.36 Å². The summed E-state index contributed by atoms with van der Waals surface area (Å²) in [4.78, 5) is 13.3. The first-order valence-corrected chi connectivity index (χ1v) is 8.91. The molecule has 4 rings (SSSR count). The summed E-state index contributed by atoms with van der Waals surface area (Å²) in [6.45, 7) is 0.970. The summed E-state index contributed by atoms with van der Waals surface area (Å²) in [6.07, 6.45) is -4.29. The Kier molecular flexibility index (Phi) is 4.81. The second-order valence-electron chi connectivity index (χ2n) is 6.93. The smallest absolute Gasteiger partial charge is 0.475 e. The summed E-state index contributed by atoms with van der Waals surface area (Å²) < 4.78 is 51.8. The molecule has 9 heteroatoms. The van der Waals surface area contributed by atoms with Crippen LogP contribution in [0.25, 0.3) is 22.1 Å². The molecule has 1 amide bonds.